The van der Waals surface area contributed by atoms with Crippen molar-refractivity contribution >= 4 is 23.8 Å². The number of amides is 2. The van der Waals surface area contributed by atoms with Crippen molar-refractivity contribution in [1.29, 1.82) is 5.41 Å². The van der Waals surface area contributed by atoms with Crippen LogP contribution in [0.5, 0.6) is 0 Å². The maximum absolute atomic E-state index is 13.4. The summed E-state index contributed by atoms with van der Waals surface area (Å²) in [4.78, 5) is 49.6. The van der Waals surface area contributed by atoms with Gasteiger partial charge in [-0.05, 0) is 72.3 Å². The number of hydrogen-bond donors (Lipinski definition) is 4. The minimum absolute atomic E-state index is 0.0524. The van der Waals surface area contributed by atoms with E-state index in [1.54, 1.807) is 6.07 Å². The van der Waals surface area contributed by atoms with Crippen molar-refractivity contribution < 1.29 is 9.59 Å². The van der Waals surface area contributed by atoms with Crippen LogP contribution in [0.4, 0.5) is 5.82 Å². The van der Waals surface area contributed by atoms with Crippen LogP contribution in [0.1, 0.15) is 71.0 Å². The van der Waals surface area contributed by atoms with Crippen molar-refractivity contribution in [3.05, 3.63) is 56.1 Å². The number of H-pyrrole nitrogens is 1. The van der Waals surface area contributed by atoms with Crippen LogP contribution in [0.15, 0.2) is 16.9 Å². The molecule has 0 atom stereocenters. The van der Waals surface area contributed by atoms with Crippen LogP contribution >= 0.6 is 0 Å². The number of carbonyl (C=O) groups excluding carboxylic acids is 2. The summed E-state index contributed by atoms with van der Waals surface area (Å²) < 4.78 is 0. The fraction of sp³-hybridized carbons (Fsp3) is 0.519. The SMILES string of the molecule is Cc1cc(C)c(CNC(=O)c2cc(C3CCN(C(=O)CN(C)C)CC3)nc(NC(C)C)c2C=N)c(=O)[nH]1. The molecule has 0 radical (unpaired) electrons. The Labute approximate surface area is 218 Å². The molecule has 37 heavy (non-hydrogen) atoms. The number of nitrogens with zero attached hydrogens (tertiary/aromatic N) is 3. The molecule has 2 aromatic rings. The van der Waals surface area contributed by atoms with Crippen LogP contribution in [0.2, 0.25) is 0 Å². The summed E-state index contributed by atoms with van der Waals surface area (Å²) in [6, 6.07) is 3.68. The zero-order valence-corrected chi connectivity index (χ0v) is 22.7. The summed E-state index contributed by atoms with van der Waals surface area (Å²) >= 11 is 0. The molecular formula is C27H39N7O3. The molecule has 0 unspecified atom stereocenters. The largest absolute Gasteiger partial charge is 0.367 e. The van der Waals surface area contributed by atoms with Crippen molar-refractivity contribution in [2.75, 3.05) is 39.0 Å². The topological polar surface area (TPSA) is 134 Å². The van der Waals surface area contributed by atoms with Gasteiger partial charge in [0.1, 0.15) is 5.82 Å². The number of likely N-dealkylation sites (N-methyl/N-ethyl adjacent to an activating group) is 1. The lowest BCUT2D eigenvalue weighted by molar-refractivity contribution is -0.132. The van der Waals surface area contributed by atoms with Gasteiger partial charge in [0.25, 0.3) is 11.5 Å². The molecule has 0 bridgehead atoms. The number of carbonyl (C=O) groups is 2. The lowest BCUT2D eigenvalue weighted by Crippen LogP contribution is -2.42. The number of likely N-dealkylation sites (tertiary alicyclic amines) is 1. The molecule has 3 rings (SSSR count). The summed E-state index contributed by atoms with van der Waals surface area (Å²) in [5, 5.41) is 14.2. The monoisotopic (exact) mass is 509 g/mol. The van der Waals surface area contributed by atoms with Gasteiger partial charge in [0.15, 0.2) is 0 Å². The van der Waals surface area contributed by atoms with E-state index < -0.39 is 0 Å². The maximum atomic E-state index is 13.4. The molecule has 0 saturated carbocycles. The molecule has 2 aromatic heterocycles. The van der Waals surface area contributed by atoms with Gasteiger partial charge in [-0.3, -0.25) is 14.4 Å². The lowest BCUT2D eigenvalue weighted by Gasteiger charge is -2.33. The van der Waals surface area contributed by atoms with E-state index in [0.717, 1.165) is 36.0 Å². The first-order chi connectivity index (χ1) is 17.5. The molecule has 2 amide bonds. The third-order valence-electron chi connectivity index (χ3n) is 6.53. The minimum Gasteiger partial charge on any atom is -0.367 e. The predicted octanol–water partition coefficient (Wildman–Crippen LogP) is 2.40. The van der Waals surface area contributed by atoms with E-state index in [-0.39, 0.29) is 35.9 Å². The molecule has 0 aliphatic carbocycles. The van der Waals surface area contributed by atoms with E-state index >= 15 is 0 Å². The number of hydrogen-bond acceptors (Lipinski definition) is 7. The quantitative estimate of drug-likeness (QED) is 0.384. The van der Waals surface area contributed by atoms with Gasteiger partial charge in [-0.25, -0.2) is 4.98 Å². The number of aromatic amines is 1. The second-order valence-electron chi connectivity index (χ2n) is 10.3. The highest BCUT2D eigenvalue weighted by Gasteiger charge is 2.27. The fourth-order valence-electron chi connectivity index (χ4n) is 4.66. The first-order valence-electron chi connectivity index (χ1n) is 12.7. The molecule has 1 aliphatic heterocycles. The van der Waals surface area contributed by atoms with E-state index in [9.17, 15) is 14.4 Å². The van der Waals surface area contributed by atoms with Gasteiger partial charge in [-0.2, -0.15) is 0 Å². The Hall–Kier alpha value is -3.53. The Bertz CT molecular complexity index is 1210. The Balaban J connectivity index is 1.87. The van der Waals surface area contributed by atoms with Crippen molar-refractivity contribution in [2.45, 2.75) is 59.0 Å². The van der Waals surface area contributed by atoms with Crippen LogP contribution < -0.4 is 16.2 Å². The highest BCUT2D eigenvalue weighted by molar-refractivity contribution is 6.04. The number of pyridine rings is 2. The molecule has 0 aromatic carbocycles. The highest BCUT2D eigenvalue weighted by atomic mass is 16.2. The average Bonchev–Trinajstić information content (AvgIpc) is 2.82. The molecule has 10 heteroatoms. The molecule has 3 heterocycles. The number of aryl methyl sites for hydroxylation is 2. The summed E-state index contributed by atoms with van der Waals surface area (Å²) in [5.74, 6) is 0.318. The van der Waals surface area contributed by atoms with Crippen molar-refractivity contribution in [2.24, 2.45) is 0 Å². The van der Waals surface area contributed by atoms with Crippen molar-refractivity contribution in [3.63, 3.8) is 0 Å². The van der Waals surface area contributed by atoms with E-state index in [0.29, 0.717) is 42.1 Å². The second kappa shape index (κ2) is 12.1. The minimum atomic E-state index is -0.369. The van der Waals surface area contributed by atoms with E-state index in [1.807, 2.05) is 57.7 Å². The summed E-state index contributed by atoms with van der Waals surface area (Å²) in [7, 11) is 3.76. The molecular weight excluding hydrogens is 470 g/mol. The molecule has 1 aliphatic rings. The van der Waals surface area contributed by atoms with Gasteiger partial charge in [-0.1, -0.05) is 0 Å². The highest BCUT2D eigenvalue weighted by Crippen LogP contribution is 2.30. The van der Waals surface area contributed by atoms with E-state index in [4.69, 9.17) is 10.4 Å². The van der Waals surface area contributed by atoms with Crippen LogP contribution in [0.25, 0.3) is 0 Å². The van der Waals surface area contributed by atoms with Crippen LogP contribution in [0, 0.1) is 19.3 Å². The summed E-state index contributed by atoms with van der Waals surface area (Å²) in [6.07, 6.45) is 2.63. The van der Waals surface area contributed by atoms with Crippen LogP contribution in [0.3, 0.4) is 0 Å². The standard InChI is InChI=1S/C27H39N7O3/c1-16(2)30-25-21(13-28)20(26(36)29-14-22-17(3)11-18(4)31-27(22)37)12-23(32-25)19-7-9-34(10-8-19)24(35)15-33(5)6/h11-13,16,19,28H,7-10,14-15H2,1-6H3,(H,29,36)(H,30,32)(H,31,37). The summed E-state index contributed by atoms with van der Waals surface area (Å²) in [6.45, 7) is 9.34. The molecule has 200 valence electrons. The number of piperidine rings is 1. The van der Waals surface area contributed by atoms with Gasteiger partial charge in [-0.15, -0.1) is 0 Å². The smallest absolute Gasteiger partial charge is 0.253 e. The van der Waals surface area contributed by atoms with Gasteiger partial charge in [0.2, 0.25) is 5.91 Å². The van der Waals surface area contributed by atoms with Crippen LogP contribution in [-0.4, -0.2) is 77.6 Å². The molecule has 0 spiro atoms. The maximum Gasteiger partial charge on any atom is 0.253 e. The first kappa shape index (κ1) is 28.0. The molecule has 1 saturated heterocycles. The van der Waals surface area contributed by atoms with Crippen LogP contribution in [-0.2, 0) is 11.3 Å². The Kier molecular flexibility index (Phi) is 9.20. The van der Waals surface area contributed by atoms with E-state index in [2.05, 4.69) is 15.6 Å². The Morgan fingerprint density at radius 1 is 1.24 bits per heavy atom. The normalized spacial score (nSPS) is 14.2. The van der Waals surface area contributed by atoms with Gasteiger partial charge in [0, 0.05) is 60.3 Å². The number of anilines is 1. The Morgan fingerprint density at radius 2 is 1.92 bits per heavy atom. The molecule has 4 N–H and O–H groups in total. The lowest BCUT2D eigenvalue weighted by atomic mass is 9.91. The van der Waals surface area contributed by atoms with Gasteiger partial charge < -0.3 is 30.8 Å². The third kappa shape index (κ3) is 7.03. The average molecular weight is 510 g/mol. The first-order valence-corrected chi connectivity index (χ1v) is 12.7. The second-order valence-corrected chi connectivity index (χ2v) is 10.3. The molecule has 1 fully saturated rings. The van der Waals surface area contributed by atoms with Gasteiger partial charge in [0.05, 0.1) is 12.1 Å². The summed E-state index contributed by atoms with van der Waals surface area (Å²) in [5.41, 5.74) is 3.36. The predicted molar refractivity (Wildman–Crippen MR) is 146 cm³/mol. The van der Waals surface area contributed by atoms with E-state index in [1.165, 1.54) is 0 Å². The fourth-order valence-corrected chi connectivity index (χ4v) is 4.66. The van der Waals surface area contributed by atoms with Gasteiger partial charge >= 0.3 is 0 Å². The zero-order chi connectivity index (χ0) is 27.3. The number of aromatic nitrogens is 2. The zero-order valence-electron chi connectivity index (χ0n) is 22.7. The third-order valence-corrected chi connectivity index (χ3v) is 6.53. The number of nitrogens with one attached hydrogen (secondary N) is 4. The van der Waals surface area contributed by atoms with Crippen molar-refractivity contribution in [3.8, 4) is 0 Å². The number of rotatable bonds is 9. The Morgan fingerprint density at radius 3 is 2.49 bits per heavy atom. The van der Waals surface area contributed by atoms with Crippen molar-refractivity contribution in [1.82, 2.24) is 25.1 Å². The molecule has 10 nitrogen and oxygen atoms in total.